The summed E-state index contributed by atoms with van der Waals surface area (Å²) in [4.78, 5) is 50.7. The molecule has 0 unspecified atom stereocenters. The fraction of sp³-hybridized carbons (Fsp3) is 0.812. The number of amides is 2. The molecule has 0 heterocycles. The molecule has 0 spiro atoms. The molecule has 0 aromatic rings. The second-order valence-electron chi connectivity index (χ2n) is 7.90. The molecule has 2 N–H and O–H groups in total. The number of carbonyl (C=O) groups is 3. The molecule has 0 aromatic carbocycles. The second-order valence-corrected chi connectivity index (χ2v) is 8.86. The summed E-state index contributed by atoms with van der Waals surface area (Å²) in [6.07, 6.45) is -0.841. The molecule has 12 heteroatoms. The molecule has 0 saturated heterocycles. The zero-order valence-electron chi connectivity index (χ0n) is 17.2. The van der Waals surface area contributed by atoms with Crippen LogP contribution in [0.4, 0.5) is 9.59 Å². The number of alkyl carbamates (subject to hydrolysis) is 1. The molecule has 11 nitrogen and oxygen atoms in total. The highest BCUT2D eigenvalue weighted by atomic mass is 32.2. The maximum absolute atomic E-state index is 12.4. The van der Waals surface area contributed by atoms with Gasteiger partial charge in [-0.15, -0.1) is 10.1 Å². The fourth-order valence-corrected chi connectivity index (χ4v) is 2.47. The summed E-state index contributed by atoms with van der Waals surface area (Å²) < 4.78 is 10.3. The number of hydrogen-bond donors (Lipinski definition) is 2. The Bertz CT molecular complexity index is 571. The Morgan fingerprint density at radius 2 is 1.57 bits per heavy atom. The Balaban J connectivity index is 4.95. The highest BCUT2D eigenvalue weighted by molar-refractivity contribution is 8.13. The van der Waals surface area contributed by atoms with Gasteiger partial charge in [-0.3, -0.25) is 4.79 Å². The lowest BCUT2D eigenvalue weighted by molar-refractivity contribution is -0.758. The molecule has 28 heavy (non-hydrogen) atoms. The van der Waals surface area contributed by atoms with E-state index in [0.29, 0.717) is 11.8 Å². The minimum Gasteiger partial charge on any atom is -0.452 e. The first-order chi connectivity index (χ1) is 12.6. The summed E-state index contributed by atoms with van der Waals surface area (Å²) >= 11 is 0.713. The van der Waals surface area contributed by atoms with Gasteiger partial charge in [0.1, 0.15) is 23.9 Å². The molecular weight excluding hydrogens is 394 g/mol. The average molecular weight is 423 g/mol. The van der Waals surface area contributed by atoms with Gasteiger partial charge in [0.05, 0.1) is 0 Å². The molecule has 0 aliphatic heterocycles. The zero-order valence-corrected chi connectivity index (χ0v) is 18.0. The van der Waals surface area contributed by atoms with Crippen LogP contribution in [0.3, 0.4) is 0 Å². The Hall–Kier alpha value is -2.24. The number of carbonyl (C=O) groups excluding carboxylic acids is 3. The highest BCUT2D eigenvalue weighted by Crippen LogP contribution is 2.16. The van der Waals surface area contributed by atoms with Crippen LogP contribution in [0.5, 0.6) is 0 Å². The molecule has 0 bridgehead atoms. The van der Waals surface area contributed by atoms with Gasteiger partial charge in [0.2, 0.25) is 5.91 Å². The van der Waals surface area contributed by atoms with E-state index in [1.807, 2.05) is 0 Å². The van der Waals surface area contributed by atoms with Crippen molar-refractivity contribution >= 4 is 29.1 Å². The number of thioether (sulfide) groups is 1. The van der Waals surface area contributed by atoms with E-state index in [-0.39, 0.29) is 12.4 Å². The number of hydrogen-bond acceptors (Lipinski definition) is 9. The third-order valence-electron chi connectivity index (χ3n) is 2.58. The van der Waals surface area contributed by atoms with Gasteiger partial charge in [-0.05, 0) is 60.2 Å². The van der Waals surface area contributed by atoms with Crippen LogP contribution in [-0.4, -0.2) is 58.0 Å². The van der Waals surface area contributed by atoms with Crippen molar-refractivity contribution < 1.29 is 33.8 Å². The summed E-state index contributed by atoms with van der Waals surface area (Å²) in [5.41, 5.74) is -1.48. The SMILES string of the molecule is C[C@@H](CO[N+](=O)[O-])NC(=O)[C@H](CSC(=O)OC(C)(C)C)NC(=O)OC(C)(C)C. The van der Waals surface area contributed by atoms with E-state index in [2.05, 4.69) is 15.5 Å². The standard InChI is InChI=1S/C16H29N3O8S/c1-10(8-25-19(23)24)17-12(20)11(18-13(21)26-15(2,3)4)9-28-14(22)27-16(5,6)7/h10-11H,8-9H2,1-7H3,(H,17,20)(H,18,21)/t10-,11-/m0/s1. The number of rotatable bonds is 8. The predicted molar refractivity (Wildman–Crippen MR) is 102 cm³/mol. The Morgan fingerprint density at radius 1 is 1.04 bits per heavy atom. The summed E-state index contributed by atoms with van der Waals surface area (Å²) in [6, 6.07) is -1.84. The smallest absolute Gasteiger partial charge is 0.408 e. The van der Waals surface area contributed by atoms with Crippen LogP contribution >= 0.6 is 11.8 Å². The number of ether oxygens (including phenoxy) is 2. The number of nitrogens with zero attached hydrogens (tertiary/aromatic N) is 1. The zero-order chi connectivity index (χ0) is 22.1. The molecule has 0 rings (SSSR count). The van der Waals surface area contributed by atoms with Crippen molar-refractivity contribution in [3.05, 3.63) is 10.1 Å². The molecule has 0 aliphatic carbocycles. The van der Waals surface area contributed by atoms with Gasteiger partial charge in [0.15, 0.2) is 0 Å². The molecule has 2 amide bonds. The van der Waals surface area contributed by atoms with Crippen LogP contribution < -0.4 is 10.6 Å². The van der Waals surface area contributed by atoms with Crippen LogP contribution in [0.25, 0.3) is 0 Å². The summed E-state index contributed by atoms with van der Waals surface area (Å²) in [5.74, 6) is -0.774. The molecular formula is C16H29N3O8S. The molecule has 162 valence electrons. The van der Waals surface area contributed by atoms with Crippen LogP contribution in [0.15, 0.2) is 0 Å². The summed E-state index contributed by atoms with van der Waals surface area (Å²) in [5, 5.41) is 13.5. The van der Waals surface area contributed by atoms with E-state index in [1.54, 1.807) is 41.5 Å². The molecule has 0 fully saturated rings. The summed E-state index contributed by atoms with van der Waals surface area (Å²) in [7, 11) is 0. The van der Waals surface area contributed by atoms with E-state index >= 15 is 0 Å². The second kappa shape index (κ2) is 10.9. The maximum atomic E-state index is 12.4. The lowest BCUT2D eigenvalue weighted by atomic mass is 10.2. The maximum Gasteiger partial charge on any atom is 0.408 e. The topological polar surface area (TPSA) is 146 Å². The van der Waals surface area contributed by atoms with Crippen LogP contribution in [0, 0.1) is 10.1 Å². The van der Waals surface area contributed by atoms with Crippen LogP contribution in [0.1, 0.15) is 48.5 Å². The van der Waals surface area contributed by atoms with Crippen molar-refractivity contribution in [3.63, 3.8) is 0 Å². The van der Waals surface area contributed by atoms with E-state index in [4.69, 9.17) is 9.47 Å². The van der Waals surface area contributed by atoms with Crippen molar-refractivity contribution in [1.82, 2.24) is 10.6 Å². The number of nitrogens with one attached hydrogen (secondary N) is 2. The monoisotopic (exact) mass is 423 g/mol. The lowest BCUT2D eigenvalue weighted by Crippen LogP contribution is -2.52. The van der Waals surface area contributed by atoms with Crippen molar-refractivity contribution in [2.45, 2.75) is 71.8 Å². The van der Waals surface area contributed by atoms with Gasteiger partial charge in [-0.2, -0.15) is 0 Å². The van der Waals surface area contributed by atoms with Gasteiger partial charge in [0.25, 0.3) is 5.09 Å². The van der Waals surface area contributed by atoms with Crippen molar-refractivity contribution in [2.75, 3.05) is 12.4 Å². The Labute approximate surface area is 168 Å². The third kappa shape index (κ3) is 13.9. The summed E-state index contributed by atoms with van der Waals surface area (Å²) in [6.45, 7) is 11.2. The van der Waals surface area contributed by atoms with E-state index in [9.17, 15) is 24.5 Å². The average Bonchev–Trinajstić information content (AvgIpc) is 2.45. The normalized spacial score (nSPS) is 13.7. The fourth-order valence-electron chi connectivity index (χ4n) is 1.62. The first kappa shape index (κ1) is 25.8. The van der Waals surface area contributed by atoms with Crippen molar-refractivity contribution in [2.24, 2.45) is 0 Å². The molecule has 0 saturated carbocycles. The van der Waals surface area contributed by atoms with Gasteiger partial charge < -0.3 is 24.9 Å². The van der Waals surface area contributed by atoms with Crippen molar-refractivity contribution in [1.29, 1.82) is 0 Å². The minimum atomic E-state index is -1.13. The first-order valence-electron chi connectivity index (χ1n) is 8.52. The highest BCUT2D eigenvalue weighted by Gasteiger charge is 2.27. The van der Waals surface area contributed by atoms with E-state index in [1.165, 1.54) is 6.92 Å². The van der Waals surface area contributed by atoms with Gasteiger partial charge >= 0.3 is 11.4 Å². The Kier molecular flexibility index (Phi) is 10.1. The molecule has 0 aliphatic rings. The van der Waals surface area contributed by atoms with E-state index < -0.39 is 45.7 Å². The van der Waals surface area contributed by atoms with Gasteiger partial charge in [-0.25, -0.2) is 9.59 Å². The van der Waals surface area contributed by atoms with E-state index in [0.717, 1.165) is 0 Å². The van der Waals surface area contributed by atoms with Gasteiger partial charge in [0, 0.05) is 11.8 Å². The predicted octanol–water partition coefficient (Wildman–Crippen LogP) is 2.26. The molecule has 0 aromatic heterocycles. The first-order valence-corrected chi connectivity index (χ1v) is 9.50. The molecule has 0 radical (unpaired) electrons. The van der Waals surface area contributed by atoms with Crippen molar-refractivity contribution in [3.8, 4) is 0 Å². The van der Waals surface area contributed by atoms with Gasteiger partial charge in [-0.1, -0.05) is 0 Å². The minimum absolute atomic E-state index is 0.122. The van der Waals surface area contributed by atoms with Crippen LogP contribution in [-0.2, 0) is 19.1 Å². The lowest BCUT2D eigenvalue weighted by Gasteiger charge is -2.24. The Morgan fingerprint density at radius 3 is 2.04 bits per heavy atom. The quantitative estimate of drug-likeness (QED) is 0.341. The molecule has 2 atom stereocenters. The third-order valence-corrected chi connectivity index (χ3v) is 3.40. The van der Waals surface area contributed by atoms with Crippen LogP contribution in [0.2, 0.25) is 0 Å². The largest absolute Gasteiger partial charge is 0.452 e.